The number of benzene rings is 1. The summed E-state index contributed by atoms with van der Waals surface area (Å²) in [5.74, 6) is 1.44. The summed E-state index contributed by atoms with van der Waals surface area (Å²) in [5, 5.41) is 3.24. The lowest BCUT2D eigenvalue weighted by Crippen LogP contribution is -2.33. The molecule has 1 aromatic rings. The molecule has 0 bridgehead atoms. The molecule has 1 aliphatic rings. The van der Waals surface area contributed by atoms with Crippen LogP contribution in [0.25, 0.3) is 0 Å². The third-order valence-electron chi connectivity index (χ3n) is 3.78. The van der Waals surface area contributed by atoms with Crippen molar-refractivity contribution in [3.63, 3.8) is 0 Å². The fourth-order valence-corrected chi connectivity index (χ4v) is 4.23. The van der Waals surface area contributed by atoms with E-state index in [9.17, 15) is 8.42 Å². The normalized spacial score (nSPS) is 20.5. The van der Waals surface area contributed by atoms with Gasteiger partial charge in [-0.2, -0.15) is 0 Å². The molecular formula is C16H25NO3S. The van der Waals surface area contributed by atoms with E-state index in [1.807, 2.05) is 12.1 Å². The first-order valence-corrected chi connectivity index (χ1v) is 9.57. The van der Waals surface area contributed by atoms with E-state index in [0.717, 1.165) is 12.2 Å². The maximum Gasteiger partial charge on any atom is 0.151 e. The summed E-state index contributed by atoms with van der Waals surface area (Å²) in [6.45, 7) is 3.43. The molecule has 1 aromatic carbocycles. The molecule has 0 amide bonds. The second-order valence-electron chi connectivity index (χ2n) is 5.65. The zero-order valence-electron chi connectivity index (χ0n) is 12.7. The predicted molar refractivity (Wildman–Crippen MR) is 85.6 cm³/mol. The van der Waals surface area contributed by atoms with Gasteiger partial charge >= 0.3 is 0 Å². The van der Waals surface area contributed by atoms with Crippen LogP contribution < -0.4 is 10.1 Å². The van der Waals surface area contributed by atoms with E-state index in [0.29, 0.717) is 25.3 Å². The summed E-state index contributed by atoms with van der Waals surface area (Å²) in [6, 6.07) is 8.33. The molecule has 4 nitrogen and oxygen atoms in total. The van der Waals surface area contributed by atoms with Crippen molar-refractivity contribution >= 4 is 9.84 Å². The van der Waals surface area contributed by atoms with E-state index in [4.69, 9.17) is 4.74 Å². The molecule has 118 valence electrons. The van der Waals surface area contributed by atoms with Crippen LogP contribution in [0.15, 0.2) is 24.3 Å². The summed E-state index contributed by atoms with van der Waals surface area (Å²) >= 11 is 0. The highest BCUT2D eigenvalue weighted by Gasteiger charge is 2.26. The van der Waals surface area contributed by atoms with Crippen molar-refractivity contribution in [1.82, 2.24) is 5.32 Å². The van der Waals surface area contributed by atoms with E-state index in [1.54, 1.807) is 0 Å². The van der Waals surface area contributed by atoms with E-state index >= 15 is 0 Å². The maximum atomic E-state index is 11.3. The smallest absolute Gasteiger partial charge is 0.151 e. The number of aryl methyl sites for hydroxylation is 1. The Morgan fingerprint density at radius 1 is 1.29 bits per heavy atom. The van der Waals surface area contributed by atoms with Crippen molar-refractivity contribution in [1.29, 1.82) is 0 Å². The van der Waals surface area contributed by atoms with Crippen LogP contribution in [-0.2, 0) is 16.3 Å². The largest absolute Gasteiger partial charge is 0.492 e. The summed E-state index contributed by atoms with van der Waals surface area (Å²) in [6.07, 6.45) is 4.26. The molecule has 0 spiro atoms. The lowest BCUT2D eigenvalue weighted by Gasteiger charge is -2.11. The lowest BCUT2D eigenvalue weighted by molar-refractivity contribution is 0.307. The number of hydrogen-bond acceptors (Lipinski definition) is 4. The highest BCUT2D eigenvalue weighted by atomic mass is 32.2. The Morgan fingerprint density at radius 3 is 2.67 bits per heavy atom. The summed E-state index contributed by atoms with van der Waals surface area (Å²) < 4.78 is 28.3. The molecule has 0 aromatic heterocycles. The monoisotopic (exact) mass is 311 g/mol. The minimum absolute atomic E-state index is 0.0926. The standard InChI is InChI=1S/C16H25NO3S/c1-2-3-4-14-5-7-16(8-6-14)20-11-10-17-15-9-12-21(18,19)13-15/h5-8,15,17H,2-4,9-13H2,1H3. The topological polar surface area (TPSA) is 55.4 Å². The van der Waals surface area contributed by atoms with Crippen LogP contribution >= 0.6 is 0 Å². The molecular weight excluding hydrogens is 286 g/mol. The van der Waals surface area contributed by atoms with Gasteiger partial charge in [-0.05, 0) is 37.0 Å². The SMILES string of the molecule is CCCCc1ccc(OCCNC2CCS(=O)(=O)C2)cc1. The van der Waals surface area contributed by atoms with Gasteiger partial charge in [0.15, 0.2) is 9.84 Å². The van der Waals surface area contributed by atoms with Gasteiger partial charge in [-0.1, -0.05) is 25.5 Å². The van der Waals surface area contributed by atoms with Crippen LogP contribution in [0.2, 0.25) is 0 Å². The van der Waals surface area contributed by atoms with Crippen molar-refractivity contribution in [2.75, 3.05) is 24.7 Å². The number of sulfone groups is 1. The Hall–Kier alpha value is -1.07. The Morgan fingerprint density at radius 2 is 2.05 bits per heavy atom. The third-order valence-corrected chi connectivity index (χ3v) is 5.55. The quantitative estimate of drug-likeness (QED) is 0.748. The number of unbranched alkanes of at least 4 members (excludes halogenated alkanes) is 1. The zero-order chi connectivity index (χ0) is 15.1. The van der Waals surface area contributed by atoms with Crippen LogP contribution in [0.1, 0.15) is 31.7 Å². The van der Waals surface area contributed by atoms with Gasteiger partial charge in [-0.25, -0.2) is 8.42 Å². The lowest BCUT2D eigenvalue weighted by atomic mass is 10.1. The minimum atomic E-state index is -2.80. The van der Waals surface area contributed by atoms with Crippen LogP contribution in [0.4, 0.5) is 0 Å². The molecule has 21 heavy (non-hydrogen) atoms. The molecule has 1 aliphatic heterocycles. The Kier molecular flexibility index (Phi) is 6.06. The average Bonchev–Trinajstić information content (AvgIpc) is 2.82. The number of hydrogen-bond donors (Lipinski definition) is 1. The third kappa shape index (κ3) is 5.67. The Labute approximate surface area is 127 Å². The van der Waals surface area contributed by atoms with Gasteiger partial charge in [-0.3, -0.25) is 0 Å². The van der Waals surface area contributed by atoms with Gasteiger partial charge in [-0.15, -0.1) is 0 Å². The van der Waals surface area contributed by atoms with Crippen molar-refractivity contribution in [3.8, 4) is 5.75 Å². The second kappa shape index (κ2) is 7.80. The van der Waals surface area contributed by atoms with Crippen LogP contribution in [0, 0.1) is 0 Å². The fourth-order valence-electron chi connectivity index (χ4n) is 2.52. The Balaban J connectivity index is 1.64. The van der Waals surface area contributed by atoms with Crippen LogP contribution in [0.3, 0.4) is 0 Å². The van der Waals surface area contributed by atoms with Crippen molar-refractivity contribution in [2.45, 2.75) is 38.6 Å². The van der Waals surface area contributed by atoms with E-state index in [-0.39, 0.29) is 11.8 Å². The molecule has 1 atom stereocenters. The van der Waals surface area contributed by atoms with Gasteiger partial charge in [0.1, 0.15) is 12.4 Å². The molecule has 0 radical (unpaired) electrons. The summed E-state index contributed by atoms with van der Waals surface area (Å²) in [5.41, 5.74) is 1.35. The second-order valence-corrected chi connectivity index (χ2v) is 7.88. The first-order valence-electron chi connectivity index (χ1n) is 7.74. The van der Waals surface area contributed by atoms with Crippen LogP contribution in [0.5, 0.6) is 5.75 Å². The molecule has 1 heterocycles. The van der Waals surface area contributed by atoms with E-state index in [1.165, 1.54) is 18.4 Å². The van der Waals surface area contributed by atoms with Gasteiger partial charge < -0.3 is 10.1 Å². The molecule has 1 fully saturated rings. The van der Waals surface area contributed by atoms with E-state index < -0.39 is 9.84 Å². The molecule has 0 saturated carbocycles. The molecule has 1 saturated heterocycles. The molecule has 1 unspecified atom stereocenters. The van der Waals surface area contributed by atoms with Gasteiger partial charge in [0.05, 0.1) is 11.5 Å². The van der Waals surface area contributed by atoms with Crippen molar-refractivity contribution in [2.24, 2.45) is 0 Å². The number of nitrogens with one attached hydrogen (secondary N) is 1. The van der Waals surface area contributed by atoms with Gasteiger partial charge in [0.25, 0.3) is 0 Å². The van der Waals surface area contributed by atoms with Crippen molar-refractivity contribution < 1.29 is 13.2 Å². The number of ether oxygens (including phenoxy) is 1. The van der Waals surface area contributed by atoms with Crippen LogP contribution in [-0.4, -0.2) is 39.1 Å². The predicted octanol–water partition coefficient (Wildman–Crippen LogP) is 2.18. The summed E-state index contributed by atoms with van der Waals surface area (Å²) in [7, 11) is -2.80. The first kappa shape index (κ1) is 16.3. The highest BCUT2D eigenvalue weighted by Crippen LogP contribution is 2.14. The summed E-state index contributed by atoms with van der Waals surface area (Å²) in [4.78, 5) is 0. The first-order chi connectivity index (χ1) is 10.1. The molecule has 0 aliphatic carbocycles. The maximum absolute atomic E-state index is 11.3. The molecule has 5 heteroatoms. The fraction of sp³-hybridized carbons (Fsp3) is 0.625. The number of rotatable bonds is 8. The molecule has 2 rings (SSSR count). The van der Waals surface area contributed by atoms with Gasteiger partial charge in [0.2, 0.25) is 0 Å². The minimum Gasteiger partial charge on any atom is -0.492 e. The Bertz CT molecular complexity index is 525. The van der Waals surface area contributed by atoms with E-state index in [2.05, 4.69) is 24.4 Å². The highest BCUT2D eigenvalue weighted by molar-refractivity contribution is 7.91. The average molecular weight is 311 g/mol. The zero-order valence-corrected chi connectivity index (χ0v) is 13.5. The van der Waals surface area contributed by atoms with Crippen molar-refractivity contribution in [3.05, 3.63) is 29.8 Å². The van der Waals surface area contributed by atoms with Gasteiger partial charge in [0, 0.05) is 12.6 Å². The molecule has 1 N–H and O–H groups in total.